The standard InChI is InChI=1S/C15H20N4O2S/c1-19-9-11(7-18-19)14-16-8-12(22-14)13(20)17-10-15(21)5-3-2-4-6-15/h7-9,21H,2-6,10H2,1H3,(H,17,20). The number of aromatic nitrogens is 3. The molecule has 0 saturated heterocycles. The number of nitrogens with one attached hydrogen (secondary N) is 1. The smallest absolute Gasteiger partial charge is 0.263 e. The van der Waals surface area contributed by atoms with Crippen LogP contribution in [0.2, 0.25) is 0 Å². The lowest BCUT2D eigenvalue weighted by atomic mass is 9.85. The fourth-order valence-corrected chi connectivity index (χ4v) is 3.57. The van der Waals surface area contributed by atoms with Crippen molar-refractivity contribution in [2.45, 2.75) is 37.7 Å². The Bertz CT molecular complexity index is 658. The van der Waals surface area contributed by atoms with E-state index in [0.29, 0.717) is 11.4 Å². The lowest BCUT2D eigenvalue weighted by molar-refractivity contribution is 0.00529. The molecular formula is C15H20N4O2S. The predicted octanol–water partition coefficient (Wildman–Crippen LogP) is 1.97. The van der Waals surface area contributed by atoms with Gasteiger partial charge in [0, 0.05) is 25.4 Å². The third kappa shape index (κ3) is 3.36. The predicted molar refractivity (Wildman–Crippen MR) is 84.7 cm³/mol. The molecule has 1 aliphatic rings. The zero-order valence-electron chi connectivity index (χ0n) is 12.6. The molecule has 0 atom stereocenters. The molecule has 1 amide bonds. The van der Waals surface area contributed by atoms with Gasteiger partial charge in [0.1, 0.15) is 9.88 Å². The Morgan fingerprint density at radius 1 is 1.41 bits per heavy atom. The highest BCUT2D eigenvalue weighted by atomic mass is 32.1. The van der Waals surface area contributed by atoms with Crippen LogP contribution < -0.4 is 5.32 Å². The van der Waals surface area contributed by atoms with Gasteiger partial charge in [-0.3, -0.25) is 9.48 Å². The van der Waals surface area contributed by atoms with E-state index >= 15 is 0 Å². The molecule has 0 spiro atoms. The monoisotopic (exact) mass is 320 g/mol. The molecule has 2 N–H and O–H groups in total. The Kier molecular flexibility index (Phi) is 4.26. The number of carbonyl (C=O) groups excluding carboxylic acids is 1. The van der Waals surface area contributed by atoms with Gasteiger partial charge in [-0.2, -0.15) is 5.10 Å². The van der Waals surface area contributed by atoms with Gasteiger partial charge in [-0.05, 0) is 12.8 Å². The van der Waals surface area contributed by atoms with Crippen LogP contribution in [0.15, 0.2) is 18.6 Å². The molecule has 1 fully saturated rings. The van der Waals surface area contributed by atoms with Crippen LogP contribution in [0.1, 0.15) is 41.8 Å². The van der Waals surface area contributed by atoms with Crippen LogP contribution >= 0.6 is 11.3 Å². The summed E-state index contributed by atoms with van der Waals surface area (Å²) in [5, 5.41) is 18.1. The molecule has 0 bridgehead atoms. The van der Waals surface area contributed by atoms with Gasteiger partial charge in [0.2, 0.25) is 0 Å². The lowest BCUT2D eigenvalue weighted by Gasteiger charge is -2.31. The van der Waals surface area contributed by atoms with Gasteiger partial charge in [0.05, 0.1) is 18.0 Å². The minimum absolute atomic E-state index is 0.174. The Morgan fingerprint density at radius 3 is 2.86 bits per heavy atom. The van der Waals surface area contributed by atoms with Crippen LogP contribution in [0, 0.1) is 0 Å². The van der Waals surface area contributed by atoms with Gasteiger partial charge in [0.25, 0.3) is 5.91 Å². The van der Waals surface area contributed by atoms with E-state index < -0.39 is 5.60 Å². The second-order valence-corrected chi connectivity index (χ2v) is 6.93. The van der Waals surface area contributed by atoms with Crippen molar-refractivity contribution in [1.29, 1.82) is 0 Å². The lowest BCUT2D eigenvalue weighted by Crippen LogP contribution is -2.44. The Morgan fingerprint density at radius 2 is 2.18 bits per heavy atom. The molecule has 0 aliphatic heterocycles. The summed E-state index contributed by atoms with van der Waals surface area (Å²) in [5.41, 5.74) is 0.155. The van der Waals surface area contributed by atoms with Crippen LogP contribution in [0.25, 0.3) is 10.6 Å². The molecule has 6 nitrogen and oxygen atoms in total. The van der Waals surface area contributed by atoms with Crippen LogP contribution in [-0.2, 0) is 7.05 Å². The van der Waals surface area contributed by atoms with E-state index in [1.165, 1.54) is 17.8 Å². The largest absolute Gasteiger partial charge is 0.388 e. The summed E-state index contributed by atoms with van der Waals surface area (Å²) >= 11 is 1.33. The topological polar surface area (TPSA) is 80.0 Å². The summed E-state index contributed by atoms with van der Waals surface area (Å²) < 4.78 is 1.70. The fourth-order valence-electron chi connectivity index (χ4n) is 2.76. The summed E-state index contributed by atoms with van der Waals surface area (Å²) in [6.45, 7) is 0.311. The zero-order valence-corrected chi connectivity index (χ0v) is 13.4. The normalized spacial score (nSPS) is 17.4. The highest BCUT2D eigenvalue weighted by molar-refractivity contribution is 7.16. The highest BCUT2D eigenvalue weighted by Gasteiger charge is 2.29. The summed E-state index contributed by atoms with van der Waals surface area (Å²) in [5.74, 6) is -0.174. The van der Waals surface area contributed by atoms with Crippen molar-refractivity contribution in [2.75, 3.05) is 6.54 Å². The highest BCUT2D eigenvalue weighted by Crippen LogP contribution is 2.28. The Labute approximate surface area is 133 Å². The summed E-state index contributed by atoms with van der Waals surface area (Å²) in [6.07, 6.45) is 9.91. The van der Waals surface area contributed by atoms with E-state index in [2.05, 4.69) is 15.4 Å². The molecule has 7 heteroatoms. The zero-order chi connectivity index (χ0) is 15.6. The molecule has 0 radical (unpaired) electrons. The number of aliphatic hydroxyl groups is 1. The van der Waals surface area contributed by atoms with E-state index in [9.17, 15) is 9.90 Å². The number of thiazole rings is 1. The molecule has 2 aromatic heterocycles. The first-order valence-corrected chi connectivity index (χ1v) is 8.33. The third-order valence-electron chi connectivity index (χ3n) is 4.04. The van der Waals surface area contributed by atoms with Crippen molar-refractivity contribution in [3.05, 3.63) is 23.5 Å². The van der Waals surface area contributed by atoms with Crippen LogP contribution in [0.5, 0.6) is 0 Å². The maximum atomic E-state index is 12.2. The van der Waals surface area contributed by atoms with E-state index in [0.717, 1.165) is 36.3 Å². The van der Waals surface area contributed by atoms with Gasteiger partial charge in [-0.15, -0.1) is 11.3 Å². The minimum atomic E-state index is -0.745. The fraction of sp³-hybridized carbons (Fsp3) is 0.533. The summed E-state index contributed by atoms with van der Waals surface area (Å²) in [6, 6.07) is 0. The maximum Gasteiger partial charge on any atom is 0.263 e. The molecule has 118 valence electrons. The molecule has 3 rings (SSSR count). The van der Waals surface area contributed by atoms with Crippen molar-refractivity contribution in [3.63, 3.8) is 0 Å². The number of rotatable bonds is 4. The van der Waals surface area contributed by atoms with Crippen LogP contribution in [0.3, 0.4) is 0 Å². The van der Waals surface area contributed by atoms with E-state index in [1.54, 1.807) is 17.1 Å². The quantitative estimate of drug-likeness (QED) is 0.902. The molecule has 2 heterocycles. The first-order valence-electron chi connectivity index (χ1n) is 7.51. The van der Waals surface area contributed by atoms with E-state index in [4.69, 9.17) is 0 Å². The molecule has 1 saturated carbocycles. The number of amides is 1. The average molecular weight is 320 g/mol. The molecular weight excluding hydrogens is 300 g/mol. The molecule has 0 aromatic carbocycles. The second kappa shape index (κ2) is 6.18. The average Bonchev–Trinajstić information content (AvgIpc) is 3.14. The number of hydrogen-bond donors (Lipinski definition) is 2. The first kappa shape index (κ1) is 15.2. The van der Waals surface area contributed by atoms with Crippen LogP contribution in [0.4, 0.5) is 0 Å². The SMILES string of the molecule is Cn1cc(-c2ncc(C(=O)NCC3(O)CCCCC3)s2)cn1. The molecule has 22 heavy (non-hydrogen) atoms. The Balaban J connectivity index is 1.62. The number of hydrogen-bond acceptors (Lipinski definition) is 5. The van der Waals surface area contributed by atoms with Crippen molar-refractivity contribution in [2.24, 2.45) is 7.05 Å². The van der Waals surface area contributed by atoms with Gasteiger partial charge in [-0.25, -0.2) is 4.98 Å². The minimum Gasteiger partial charge on any atom is -0.388 e. The molecule has 2 aromatic rings. The van der Waals surface area contributed by atoms with Gasteiger partial charge < -0.3 is 10.4 Å². The van der Waals surface area contributed by atoms with Gasteiger partial charge in [0.15, 0.2) is 0 Å². The number of nitrogens with zero attached hydrogens (tertiary/aromatic N) is 3. The van der Waals surface area contributed by atoms with Crippen molar-refractivity contribution in [3.8, 4) is 10.6 Å². The third-order valence-corrected chi connectivity index (χ3v) is 5.09. The van der Waals surface area contributed by atoms with Crippen molar-refractivity contribution in [1.82, 2.24) is 20.1 Å². The van der Waals surface area contributed by atoms with Crippen LogP contribution in [-0.4, -0.2) is 37.9 Å². The second-order valence-electron chi connectivity index (χ2n) is 5.90. The van der Waals surface area contributed by atoms with Gasteiger partial charge >= 0.3 is 0 Å². The van der Waals surface area contributed by atoms with Crippen molar-refractivity contribution < 1.29 is 9.90 Å². The van der Waals surface area contributed by atoms with E-state index in [-0.39, 0.29) is 5.91 Å². The van der Waals surface area contributed by atoms with Gasteiger partial charge in [-0.1, -0.05) is 19.3 Å². The Hall–Kier alpha value is -1.73. The van der Waals surface area contributed by atoms with Crippen molar-refractivity contribution >= 4 is 17.2 Å². The molecule has 1 aliphatic carbocycles. The molecule has 0 unspecified atom stereocenters. The summed E-state index contributed by atoms with van der Waals surface area (Å²) in [7, 11) is 1.84. The number of aryl methyl sites for hydroxylation is 1. The summed E-state index contributed by atoms with van der Waals surface area (Å²) in [4.78, 5) is 17.0. The first-order chi connectivity index (χ1) is 10.6. The maximum absolute atomic E-state index is 12.2. The van der Waals surface area contributed by atoms with E-state index in [1.807, 2.05) is 13.2 Å². The number of carbonyl (C=O) groups is 1.